The Balaban J connectivity index is 1.41. The number of piperazine rings is 1. The van der Waals surface area contributed by atoms with E-state index in [1.165, 1.54) is 16.1 Å². The van der Waals surface area contributed by atoms with Crippen molar-refractivity contribution in [2.45, 2.75) is 38.5 Å². The van der Waals surface area contributed by atoms with Gasteiger partial charge in [0.15, 0.2) is 0 Å². The molecule has 2 unspecified atom stereocenters. The number of rotatable bonds is 6. The largest absolute Gasteiger partial charge is 0.390 e. The lowest BCUT2D eigenvalue weighted by Gasteiger charge is -2.35. The summed E-state index contributed by atoms with van der Waals surface area (Å²) in [5.74, 6) is 1.87. The van der Waals surface area contributed by atoms with Gasteiger partial charge in [-0.15, -0.1) is 0 Å². The van der Waals surface area contributed by atoms with Crippen molar-refractivity contribution in [2.24, 2.45) is 0 Å². The molecule has 12 heteroatoms. The zero-order valence-electron chi connectivity index (χ0n) is 21.9. The second kappa shape index (κ2) is 10.6. The number of fused-ring (bicyclic) bond motifs is 1. The molecule has 0 bridgehead atoms. The Hall–Kier alpha value is -3.09. The number of aromatic nitrogens is 3. The van der Waals surface area contributed by atoms with Gasteiger partial charge in [0.25, 0.3) is 0 Å². The van der Waals surface area contributed by atoms with Crippen molar-refractivity contribution in [3.63, 3.8) is 0 Å². The van der Waals surface area contributed by atoms with Gasteiger partial charge < -0.3 is 20.2 Å². The molecule has 38 heavy (non-hydrogen) atoms. The van der Waals surface area contributed by atoms with Gasteiger partial charge in [-0.2, -0.15) is 9.29 Å². The number of piperidine rings is 1. The third-order valence-corrected chi connectivity index (χ3v) is 8.57. The summed E-state index contributed by atoms with van der Waals surface area (Å²) in [6.45, 7) is 6.97. The number of hydrogen-bond donors (Lipinski definition) is 2. The fourth-order valence-corrected chi connectivity index (χ4v) is 5.96. The number of anilines is 4. The van der Waals surface area contributed by atoms with Crippen LogP contribution in [0.2, 0.25) is 0 Å². The normalized spacial score (nSPS) is 21.3. The van der Waals surface area contributed by atoms with Gasteiger partial charge in [0.05, 0.1) is 18.9 Å². The Labute approximate surface area is 222 Å². The number of hydrogen-bond acceptors (Lipinski definition) is 9. The van der Waals surface area contributed by atoms with Gasteiger partial charge in [-0.3, -0.25) is 0 Å². The maximum atomic E-state index is 14.0. The van der Waals surface area contributed by atoms with Crippen molar-refractivity contribution >= 4 is 44.1 Å². The molecule has 0 aliphatic carbocycles. The highest BCUT2D eigenvalue weighted by Crippen LogP contribution is 2.35. The Bertz CT molecular complexity index is 1410. The smallest absolute Gasteiger partial charge is 0.227 e. The predicted molar refractivity (Wildman–Crippen MR) is 148 cm³/mol. The van der Waals surface area contributed by atoms with E-state index in [4.69, 9.17) is 0 Å². The number of aliphatic hydroxyl groups is 1. The van der Waals surface area contributed by atoms with E-state index in [2.05, 4.69) is 51.1 Å². The van der Waals surface area contributed by atoms with Crippen molar-refractivity contribution in [1.82, 2.24) is 19.3 Å². The summed E-state index contributed by atoms with van der Waals surface area (Å²) in [7, 11) is -3.20. The zero-order valence-corrected chi connectivity index (χ0v) is 22.7. The fourth-order valence-electron chi connectivity index (χ4n) is 5.13. The molecule has 2 aromatic heterocycles. The molecule has 2 saturated heterocycles. The maximum absolute atomic E-state index is 14.0. The summed E-state index contributed by atoms with van der Waals surface area (Å²) >= 11 is 0. The van der Waals surface area contributed by atoms with Gasteiger partial charge >= 0.3 is 0 Å². The summed E-state index contributed by atoms with van der Waals surface area (Å²) < 4.78 is 39.4. The summed E-state index contributed by atoms with van der Waals surface area (Å²) in [5, 5.41) is 15.0. The highest BCUT2D eigenvalue weighted by atomic mass is 32.2. The fraction of sp³-hybridized carbons (Fsp3) is 0.500. The van der Waals surface area contributed by atoms with E-state index in [0.29, 0.717) is 56.7 Å². The topological polar surface area (TPSA) is 115 Å². The summed E-state index contributed by atoms with van der Waals surface area (Å²) in [4.78, 5) is 17.5. The molecule has 3 aromatic rings. The van der Waals surface area contributed by atoms with Crippen molar-refractivity contribution in [1.29, 1.82) is 0 Å². The van der Waals surface area contributed by atoms with E-state index in [9.17, 15) is 17.9 Å². The van der Waals surface area contributed by atoms with E-state index < -0.39 is 22.3 Å². The molecule has 0 spiro atoms. The van der Waals surface area contributed by atoms with E-state index in [1.54, 1.807) is 17.2 Å². The van der Waals surface area contributed by atoms with Gasteiger partial charge in [0.2, 0.25) is 16.0 Å². The van der Waals surface area contributed by atoms with E-state index in [-0.39, 0.29) is 12.5 Å². The molecule has 4 heterocycles. The lowest BCUT2D eigenvalue weighted by Crippen LogP contribution is -2.48. The molecule has 0 saturated carbocycles. The van der Waals surface area contributed by atoms with Gasteiger partial charge in [-0.25, -0.2) is 22.8 Å². The van der Waals surface area contributed by atoms with Crippen LogP contribution in [-0.4, -0.2) is 90.6 Å². The number of pyridine rings is 1. The minimum atomic E-state index is -3.20. The number of sulfonamides is 1. The summed E-state index contributed by atoms with van der Waals surface area (Å²) in [5.41, 5.74) is 2.22. The zero-order chi connectivity index (χ0) is 27.0. The van der Waals surface area contributed by atoms with Crippen LogP contribution in [0.15, 0.2) is 36.7 Å². The number of aliphatic hydroxyl groups excluding tert-OH is 1. The molecule has 2 atom stereocenters. The Kier molecular flexibility index (Phi) is 7.38. The number of halogens is 1. The molecule has 1 aromatic carbocycles. The van der Waals surface area contributed by atoms with Crippen molar-refractivity contribution in [2.75, 3.05) is 60.6 Å². The molecular formula is C26H34FN7O3S. The minimum absolute atomic E-state index is 0.0534. The van der Waals surface area contributed by atoms with Crippen LogP contribution < -0.4 is 15.1 Å². The summed E-state index contributed by atoms with van der Waals surface area (Å²) in [6.07, 6.45) is 2.78. The molecule has 2 aliphatic rings. The van der Waals surface area contributed by atoms with Gasteiger partial charge in [-0.1, -0.05) is 19.9 Å². The highest BCUT2D eigenvalue weighted by Gasteiger charge is 2.29. The first kappa shape index (κ1) is 26.5. The SMILES string of the molecule is CC(C)c1ccc(N2CCN(S(C)(=O)=O)CC2)c2cnc(Nc3ccnc(N4CCC(O)C(F)C4)n3)cc12. The van der Waals surface area contributed by atoms with Crippen LogP contribution in [-0.2, 0) is 10.0 Å². The Morgan fingerprint density at radius 1 is 1.03 bits per heavy atom. The molecular weight excluding hydrogens is 509 g/mol. The van der Waals surface area contributed by atoms with Crippen LogP contribution in [0.1, 0.15) is 31.7 Å². The molecule has 10 nitrogen and oxygen atoms in total. The van der Waals surface area contributed by atoms with E-state index >= 15 is 0 Å². The molecule has 2 aliphatic heterocycles. The van der Waals surface area contributed by atoms with Crippen molar-refractivity contribution in [3.05, 3.63) is 42.2 Å². The number of alkyl halides is 1. The first-order chi connectivity index (χ1) is 18.1. The first-order valence-electron chi connectivity index (χ1n) is 12.9. The predicted octanol–water partition coefficient (Wildman–Crippen LogP) is 2.88. The quantitative estimate of drug-likeness (QED) is 0.484. The first-order valence-corrected chi connectivity index (χ1v) is 14.7. The second-order valence-electron chi connectivity index (χ2n) is 10.3. The highest BCUT2D eigenvalue weighted by molar-refractivity contribution is 7.88. The molecule has 0 amide bonds. The lowest BCUT2D eigenvalue weighted by atomic mass is 9.95. The number of nitrogens with zero attached hydrogens (tertiary/aromatic N) is 6. The minimum Gasteiger partial charge on any atom is -0.390 e. The van der Waals surface area contributed by atoms with Crippen LogP contribution >= 0.6 is 0 Å². The van der Waals surface area contributed by atoms with E-state index in [1.807, 2.05) is 12.3 Å². The molecule has 204 valence electrons. The maximum Gasteiger partial charge on any atom is 0.227 e. The van der Waals surface area contributed by atoms with Crippen LogP contribution in [0, 0.1) is 0 Å². The van der Waals surface area contributed by atoms with Gasteiger partial charge in [0.1, 0.15) is 17.8 Å². The van der Waals surface area contributed by atoms with Crippen LogP contribution in [0.5, 0.6) is 0 Å². The van der Waals surface area contributed by atoms with Crippen LogP contribution in [0.4, 0.5) is 27.7 Å². The lowest BCUT2D eigenvalue weighted by molar-refractivity contribution is 0.0612. The average Bonchev–Trinajstić information content (AvgIpc) is 2.89. The van der Waals surface area contributed by atoms with Crippen molar-refractivity contribution < 1.29 is 17.9 Å². The second-order valence-corrected chi connectivity index (χ2v) is 12.3. The monoisotopic (exact) mass is 543 g/mol. The average molecular weight is 544 g/mol. The van der Waals surface area contributed by atoms with Crippen LogP contribution in [0.3, 0.4) is 0 Å². The summed E-state index contributed by atoms with van der Waals surface area (Å²) in [6, 6.07) is 7.99. The molecule has 0 radical (unpaired) electrons. The van der Waals surface area contributed by atoms with E-state index in [0.717, 1.165) is 16.5 Å². The number of nitrogens with one attached hydrogen (secondary N) is 1. The number of benzene rings is 1. The Morgan fingerprint density at radius 2 is 1.79 bits per heavy atom. The van der Waals surface area contributed by atoms with Gasteiger partial charge in [-0.05, 0) is 41.5 Å². The van der Waals surface area contributed by atoms with Crippen LogP contribution in [0.25, 0.3) is 10.8 Å². The molecule has 5 rings (SSSR count). The third kappa shape index (κ3) is 5.52. The molecule has 2 fully saturated rings. The third-order valence-electron chi connectivity index (χ3n) is 7.27. The standard InChI is InChI=1S/C26H34FN7O3S/c1-17(2)18-4-5-22(32-10-12-34(13-11-32)38(3,36)37)20-15-29-25(14-19(18)20)30-24-6-8-28-26(31-24)33-9-7-23(35)21(27)16-33/h4-6,8,14-15,17,21,23,35H,7,9-13,16H2,1-3H3,(H,28,29,30,31). The van der Waals surface area contributed by atoms with Gasteiger partial charge in [0, 0.05) is 56.2 Å². The van der Waals surface area contributed by atoms with Crippen molar-refractivity contribution in [3.8, 4) is 0 Å². The Morgan fingerprint density at radius 3 is 2.47 bits per heavy atom. The molecule has 2 N–H and O–H groups in total.